The van der Waals surface area contributed by atoms with E-state index in [0.717, 1.165) is 26.1 Å². The predicted octanol–water partition coefficient (Wildman–Crippen LogP) is 4.62. The van der Waals surface area contributed by atoms with Crippen LogP contribution in [0.1, 0.15) is 9.67 Å². The highest BCUT2D eigenvalue weighted by atomic mass is 35.5. The van der Waals surface area contributed by atoms with Gasteiger partial charge in [-0.25, -0.2) is 0 Å². The molecule has 0 bridgehead atoms. The molecule has 1 aliphatic heterocycles. The number of hydrogen-bond acceptors (Lipinski definition) is 5. The monoisotopic (exact) mass is 416 g/mol. The number of aryl methyl sites for hydroxylation is 1. The summed E-state index contributed by atoms with van der Waals surface area (Å²) in [6, 6.07) is 11.6. The summed E-state index contributed by atoms with van der Waals surface area (Å²) in [5, 5.41) is 1.34. The van der Waals surface area contributed by atoms with E-state index in [1.807, 2.05) is 48.0 Å². The molecule has 8 heteroatoms. The van der Waals surface area contributed by atoms with E-state index < -0.39 is 0 Å². The molecule has 5 rings (SSSR count). The second-order valence-electron chi connectivity index (χ2n) is 6.07. The highest BCUT2D eigenvalue weighted by Crippen LogP contribution is 2.36. The van der Waals surface area contributed by atoms with Crippen molar-refractivity contribution in [3.8, 4) is 11.5 Å². The number of aromatic nitrogens is 1. The lowest BCUT2D eigenvalue weighted by Crippen LogP contribution is -2.15. The van der Waals surface area contributed by atoms with Gasteiger partial charge < -0.3 is 14.0 Å². The molecule has 1 aliphatic rings. The highest BCUT2D eigenvalue weighted by Gasteiger charge is 2.18. The molecule has 0 radical (unpaired) electrons. The second kappa shape index (κ2) is 6.37. The highest BCUT2D eigenvalue weighted by molar-refractivity contribution is 7.21. The van der Waals surface area contributed by atoms with E-state index in [2.05, 4.69) is 4.99 Å². The number of nitrogens with zero attached hydrogens (tertiary/aromatic N) is 2. The number of thiophene rings is 1. The smallest absolute Gasteiger partial charge is 0.291 e. The first-order valence-electron chi connectivity index (χ1n) is 8.27. The first-order valence-corrected chi connectivity index (χ1v) is 10.3. The van der Waals surface area contributed by atoms with Crippen molar-refractivity contribution >= 4 is 60.5 Å². The SMILES string of the molecule is Cn1c(=NC(=O)c2sc3ccccc3c2Cl)sc2cc3c(cc21)OCCO3. The fraction of sp³-hybridized carbons (Fsp3) is 0.158. The molecule has 2 aromatic heterocycles. The molecular formula is C19H13ClN2O3S2. The number of carbonyl (C=O) groups is 1. The van der Waals surface area contributed by atoms with Crippen molar-refractivity contribution in [3.63, 3.8) is 0 Å². The van der Waals surface area contributed by atoms with E-state index >= 15 is 0 Å². The van der Waals surface area contributed by atoms with Crippen molar-refractivity contribution in [2.45, 2.75) is 0 Å². The number of amides is 1. The molecule has 0 N–H and O–H groups in total. The van der Waals surface area contributed by atoms with Crippen LogP contribution in [0, 0.1) is 0 Å². The molecule has 0 atom stereocenters. The van der Waals surface area contributed by atoms with Gasteiger partial charge in [0.1, 0.15) is 18.1 Å². The summed E-state index contributed by atoms with van der Waals surface area (Å²) in [6.07, 6.45) is 0. The minimum absolute atomic E-state index is 0.333. The molecule has 4 aromatic rings. The maximum atomic E-state index is 12.8. The van der Waals surface area contributed by atoms with Crippen LogP contribution in [0.2, 0.25) is 5.02 Å². The zero-order valence-corrected chi connectivity index (χ0v) is 16.6. The lowest BCUT2D eigenvalue weighted by molar-refractivity contribution is 0.100. The Hall–Kier alpha value is -2.35. The van der Waals surface area contributed by atoms with E-state index in [4.69, 9.17) is 21.1 Å². The van der Waals surface area contributed by atoms with Gasteiger partial charge in [0.25, 0.3) is 5.91 Å². The number of benzene rings is 2. The van der Waals surface area contributed by atoms with Gasteiger partial charge in [-0.15, -0.1) is 11.3 Å². The van der Waals surface area contributed by atoms with Crippen molar-refractivity contribution in [1.82, 2.24) is 4.57 Å². The molecule has 2 aromatic carbocycles. The summed E-state index contributed by atoms with van der Waals surface area (Å²) < 4.78 is 15.1. The minimum Gasteiger partial charge on any atom is -0.486 e. The molecule has 0 spiro atoms. The van der Waals surface area contributed by atoms with Crippen LogP contribution in [-0.4, -0.2) is 23.7 Å². The van der Waals surface area contributed by atoms with Crippen LogP contribution in [0.15, 0.2) is 41.4 Å². The number of halogens is 1. The third-order valence-corrected chi connectivity index (χ3v) is 7.16. The van der Waals surface area contributed by atoms with Gasteiger partial charge in [-0.1, -0.05) is 41.1 Å². The summed E-state index contributed by atoms with van der Waals surface area (Å²) in [7, 11) is 1.88. The quantitative estimate of drug-likeness (QED) is 0.455. The first kappa shape index (κ1) is 16.8. The van der Waals surface area contributed by atoms with Gasteiger partial charge in [0.05, 0.1) is 15.2 Å². The number of fused-ring (bicyclic) bond motifs is 3. The van der Waals surface area contributed by atoms with E-state index in [1.54, 1.807) is 0 Å². The number of ether oxygens (including phenoxy) is 2. The number of rotatable bonds is 1. The Balaban J connectivity index is 1.63. The van der Waals surface area contributed by atoms with Gasteiger partial charge in [0, 0.05) is 29.3 Å². The largest absolute Gasteiger partial charge is 0.486 e. The first-order chi connectivity index (χ1) is 13.1. The van der Waals surface area contributed by atoms with Crippen LogP contribution >= 0.6 is 34.3 Å². The number of hydrogen-bond donors (Lipinski definition) is 0. The van der Waals surface area contributed by atoms with Gasteiger partial charge >= 0.3 is 0 Å². The molecule has 0 saturated heterocycles. The lowest BCUT2D eigenvalue weighted by atomic mass is 10.2. The molecule has 1 amide bonds. The maximum absolute atomic E-state index is 12.8. The molecule has 0 aliphatic carbocycles. The minimum atomic E-state index is -0.333. The zero-order valence-electron chi connectivity index (χ0n) is 14.2. The van der Waals surface area contributed by atoms with Gasteiger partial charge in [-0.2, -0.15) is 4.99 Å². The average molecular weight is 417 g/mol. The van der Waals surface area contributed by atoms with E-state index in [9.17, 15) is 4.79 Å². The molecule has 0 fully saturated rings. The topological polar surface area (TPSA) is 52.8 Å². The standard InChI is InChI=1S/C19H13ClN2O3S2/c1-22-11-8-12-13(25-7-6-24-12)9-15(11)27-19(22)21-18(23)17-16(20)10-4-2-3-5-14(10)26-17/h2-5,8-9H,6-7H2,1H3. The third kappa shape index (κ3) is 2.74. The van der Waals surface area contributed by atoms with Crippen molar-refractivity contribution in [2.75, 3.05) is 13.2 Å². The fourth-order valence-corrected chi connectivity index (χ4v) is 5.48. The van der Waals surface area contributed by atoms with Crippen molar-refractivity contribution in [2.24, 2.45) is 12.0 Å². The van der Waals surface area contributed by atoms with E-state index in [-0.39, 0.29) is 5.91 Å². The Kier molecular flexibility index (Phi) is 3.96. The molecular weight excluding hydrogens is 404 g/mol. The van der Waals surface area contributed by atoms with Crippen LogP contribution in [0.3, 0.4) is 0 Å². The second-order valence-corrected chi connectivity index (χ2v) is 8.50. The Morgan fingerprint density at radius 1 is 1.11 bits per heavy atom. The van der Waals surface area contributed by atoms with Crippen molar-refractivity contribution in [3.05, 3.63) is 51.1 Å². The van der Waals surface area contributed by atoms with Crippen molar-refractivity contribution in [1.29, 1.82) is 0 Å². The van der Waals surface area contributed by atoms with Gasteiger partial charge in [-0.05, 0) is 6.07 Å². The summed E-state index contributed by atoms with van der Waals surface area (Å²) >= 11 is 9.21. The summed E-state index contributed by atoms with van der Waals surface area (Å²) in [5.74, 6) is 1.11. The van der Waals surface area contributed by atoms with Gasteiger partial charge in [0.15, 0.2) is 16.3 Å². The molecule has 27 heavy (non-hydrogen) atoms. The summed E-state index contributed by atoms with van der Waals surface area (Å²) in [6.45, 7) is 1.07. The summed E-state index contributed by atoms with van der Waals surface area (Å²) in [4.78, 5) is 18.2. The average Bonchev–Trinajstić information content (AvgIpc) is 3.18. The zero-order chi connectivity index (χ0) is 18.5. The maximum Gasteiger partial charge on any atom is 0.291 e. The van der Waals surface area contributed by atoms with Crippen LogP contribution in [0.5, 0.6) is 11.5 Å². The van der Waals surface area contributed by atoms with Gasteiger partial charge in [0.2, 0.25) is 0 Å². The Morgan fingerprint density at radius 3 is 2.63 bits per heavy atom. The fourth-order valence-electron chi connectivity index (χ4n) is 3.06. The molecule has 5 nitrogen and oxygen atoms in total. The van der Waals surface area contributed by atoms with Crippen molar-refractivity contribution < 1.29 is 14.3 Å². The van der Waals surface area contributed by atoms with Crippen LogP contribution < -0.4 is 14.3 Å². The molecule has 136 valence electrons. The number of thiazole rings is 1. The molecule has 0 unspecified atom stereocenters. The van der Waals surface area contributed by atoms with Crippen LogP contribution in [0.4, 0.5) is 0 Å². The van der Waals surface area contributed by atoms with E-state index in [0.29, 0.717) is 33.7 Å². The molecule has 0 saturated carbocycles. The van der Waals surface area contributed by atoms with Gasteiger partial charge in [-0.3, -0.25) is 4.79 Å². The Bertz CT molecular complexity index is 1290. The Labute approximate surface area is 167 Å². The normalized spacial score (nSPS) is 14.2. The molecule has 3 heterocycles. The third-order valence-electron chi connectivity index (χ3n) is 4.40. The van der Waals surface area contributed by atoms with Crippen LogP contribution in [0.25, 0.3) is 20.3 Å². The summed E-state index contributed by atoms with van der Waals surface area (Å²) in [5.41, 5.74) is 0.943. The predicted molar refractivity (Wildman–Crippen MR) is 109 cm³/mol. The number of carbonyl (C=O) groups excluding carboxylic acids is 1. The van der Waals surface area contributed by atoms with E-state index in [1.165, 1.54) is 22.7 Å². The van der Waals surface area contributed by atoms with Crippen LogP contribution in [-0.2, 0) is 7.05 Å². The lowest BCUT2D eigenvalue weighted by Gasteiger charge is -2.18. The Morgan fingerprint density at radius 2 is 1.85 bits per heavy atom.